The van der Waals surface area contributed by atoms with E-state index in [-0.39, 0.29) is 18.4 Å². The number of anilines is 1. The van der Waals surface area contributed by atoms with E-state index in [1.54, 1.807) is 23.2 Å². The molecule has 1 aliphatic rings. The second-order valence-corrected chi connectivity index (χ2v) is 3.81. The van der Waals surface area contributed by atoms with Crippen molar-refractivity contribution < 1.29 is 14.6 Å². The van der Waals surface area contributed by atoms with E-state index >= 15 is 0 Å². The van der Waals surface area contributed by atoms with Gasteiger partial charge in [-0.25, -0.2) is 4.98 Å². The highest BCUT2D eigenvalue weighted by molar-refractivity contribution is 5.95. The molecule has 0 aromatic carbocycles. The van der Waals surface area contributed by atoms with Crippen LogP contribution >= 0.6 is 0 Å². The number of ether oxygens (including phenoxy) is 1. The smallest absolute Gasteiger partial charge is 0.227 e. The average molecular weight is 222 g/mol. The number of carbonyl (C=O) groups excluding carboxylic acids is 1. The number of carbonyl (C=O) groups is 1. The second-order valence-electron chi connectivity index (χ2n) is 3.81. The largest absolute Gasteiger partial charge is 0.481 e. The molecule has 1 fully saturated rings. The fourth-order valence-corrected chi connectivity index (χ4v) is 1.83. The molecule has 1 unspecified atom stereocenters. The first-order valence-electron chi connectivity index (χ1n) is 5.16. The van der Waals surface area contributed by atoms with Crippen molar-refractivity contribution >= 4 is 11.6 Å². The molecule has 1 amide bonds. The summed E-state index contributed by atoms with van der Waals surface area (Å²) in [5.74, 6) is 0.553. The molecule has 1 saturated heterocycles. The molecule has 1 aliphatic heterocycles. The molecule has 2 rings (SSSR count). The van der Waals surface area contributed by atoms with Crippen molar-refractivity contribution in [3.05, 3.63) is 18.3 Å². The molecular weight excluding hydrogens is 208 g/mol. The lowest BCUT2D eigenvalue weighted by Crippen LogP contribution is -2.24. The Morgan fingerprint density at radius 2 is 2.50 bits per heavy atom. The summed E-state index contributed by atoms with van der Waals surface area (Å²) in [5.41, 5.74) is 0.771. The summed E-state index contributed by atoms with van der Waals surface area (Å²) in [6.45, 7) is 0.604. The third-order valence-corrected chi connectivity index (χ3v) is 2.70. The van der Waals surface area contributed by atoms with E-state index in [0.717, 1.165) is 5.69 Å². The van der Waals surface area contributed by atoms with E-state index in [2.05, 4.69) is 4.98 Å². The SMILES string of the molecule is COc1cc(N2CC(CO)CC2=O)ccn1. The van der Waals surface area contributed by atoms with Crippen LogP contribution in [0.5, 0.6) is 5.88 Å². The molecular formula is C11H14N2O3. The van der Waals surface area contributed by atoms with E-state index in [9.17, 15) is 4.79 Å². The van der Waals surface area contributed by atoms with Crippen LogP contribution in [0.1, 0.15) is 6.42 Å². The minimum Gasteiger partial charge on any atom is -0.481 e. The van der Waals surface area contributed by atoms with Crippen molar-refractivity contribution in [2.75, 3.05) is 25.2 Å². The number of pyridine rings is 1. The van der Waals surface area contributed by atoms with Gasteiger partial charge >= 0.3 is 0 Å². The molecule has 5 heteroatoms. The Morgan fingerprint density at radius 3 is 3.12 bits per heavy atom. The predicted molar refractivity (Wildman–Crippen MR) is 58.3 cm³/mol. The summed E-state index contributed by atoms with van der Waals surface area (Å²) in [6.07, 6.45) is 2.01. The number of nitrogens with zero attached hydrogens (tertiary/aromatic N) is 2. The molecule has 2 heterocycles. The zero-order valence-electron chi connectivity index (χ0n) is 9.09. The maximum Gasteiger partial charge on any atom is 0.227 e. The van der Waals surface area contributed by atoms with Gasteiger partial charge in [0, 0.05) is 37.8 Å². The summed E-state index contributed by atoms with van der Waals surface area (Å²) in [4.78, 5) is 17.3. The molecule has 1 aromatic heterocycles. The van der Waals surface area contributed by atoms with E-state index < -0.39 is 0 Å². The number of aliphatic hydroxyl groups excluding tert-OH is 1. The number of rotatable bonds is 3. The van der Waals surface area contributed by atoms with E-state index in [4.69, 9.17) is 9.84 Å². The molecule has 0 aliphatic carbocycles. The standard InChI is InChI=1S/C11H14N2O3/c1-16-10-5-9(2-3-12-10)13-6-8(7-14)4-11(13)15/h2-3,5,8,14H,4,6-7H2,1H3. The Kier molecular flexibility index (Phi) is 3.05. The van der Waals surface area contributed by atoms with Gasteiger partial charge in [0.25, 0.3) is 0 Å². The minimum atomic E-state index is 0.0339. The minimum absolute atomic E-state index is 0.0339. The van der Waals surface area contributed by atoms with Gasteiger partial charge in [0.05, 0.1) is 12.8 Å². The van der Waals surface area contributed by atoms with Crippen molar-refractivity contribution in [2.45, 2.75) is 6.42 Å². The number of aromatic nitrogens is 1. The zero-order chi connectivity index (χ0) is 11.5. The van der Waals surface area contributed by atoms with Crippen LogP contribution in [-0.4, -0.2) is 36.3 Å². The van der Waals surface area contributed by atoms with Gasteiger partial charge in [-0.05, 0) is 6.07 Å². The maximum atomic E-state index is 11.7. The highest BCUT2D eigenvalue weighted by Gasteiger charge is 2.30. The fraction of sp³-hybridized carbons (Fsp3) is 0.455. The third-order valence-electron chi connectivity index (χ3n) is 2.70. The summed E-state index contributed by atoms with van der Waals surface area (Å²) < 4.78 is 5.00. The van der Waals surface area contributed by atoms with Gasteiger partial charge in [-0.3, -0.25) is 4.79 Å². The lowest BCUT2D eigenvalue weighted by atomic mass is 10.1. The van der Waals surface area contributed by atoms with Crippen LogP contribution in [0.2, 0.25) is 0 Å². The second kappa shape index (κ2) is 4.49. The zero-order valence-corrected chi connectivity index (χ0v) is 9.09. The van der Waals surface area contributed by atoms with E-state index in [0.29, 0.717) is 18.8 Å². The first-order chi connectivity index (χ1) is 7.74. The number of aliphatic hydroxyl groups is 1. The highest BCUT2D eigenvalue weighted by Crippen LogP contribution is 2.26. The first kappa shape index (κ1) is 10.9. The molecule has 0 radical (unpaired) electrons. The van der Waals surface area contributed by atoms with Crippen molar-refractivity contribution in [2.24, 2.45) is 5.92 Å². The van der Waals surface area contributed by atoms with Gasteiger partial charge < -0.3 is 14.7 Å². The van der Waals surface area contributed by atoms with Crippen molar-refractivity contribution in [3.63, 3.8) is 0 Å². The number of hydrogen-bond donors (Lipinski definition) is 1. The van der Waals surface area contributed by atoms with Crippen molar-refractivity contribution in [1.82, 2.24) is 4.98 Å². The Labute approximate surface area is 93.7 Å². The molecule has 0 bridgehead atoms. The monoisotopic (exact) mass is 222 g/mol. The topological polar surface area (TPSA) is 62.7 Å². The van der Waals surface area contributed by atoms with Crippen LogP contribution in [-0.2, 0) is 4.79 Å². The molecule has 86 valence electrons. The lowest BCUT2D eigenvalue weighted by molar-refractivity contribution is -0.117. The quantitative estimate of drug-likeness (QED) is 0.805. The molecule has 0 saturated carbocycles. The Bertz CT molecular complexity index is 395. The van der Waals surface area contributed by atoms with Crippen LogP contribution in [0.25, 0.3) is 0 Å². The summed E-state index contributed by atoms with van der Waals surface area (Å²) in [7, 11) is 1.54. The maximum absolute atomic E-state index is 11.7. The normalized spacial score (nSPS) is 20.2. The van der Waals surface area contributed by atoms with Crippen LogP contribution in [0.3, 0.4) is 0 Å². The Hall–Kier alpha value is -1.62. The van der Waals surface area contributed by atoms with Gasteiger partial charge in [0.15, 0.2) is 0 Å². The van der Waals surface area contributed by atoms with Gasteiger partial charge in [-0.1, -0.05) is 0 Å². The van der Waals surface area contributed by atoms with Gasteiger partial charge in [0.2, 0.25) is 11.8 Å². The number of hydrogen-bond acceptors (Lipinski definition) is 4. The molecule has 1 atom stereocenters. The highest BCUT2D eigenvalue weighted by atomic mass is 16.5. The van der Waals surface area contributed by atoms with E-state index in [1.165, 1.54) is 7.11 Å². The Balaban J connectivity index is 2.20. The van der Waals surface area contributed by atoms with Crippen molar-refractivity contribution in [3.8, 4) is 5.88 Å². The summed E-state index contributed by atoms with van der Waals surface area (Å²) in [6, 6.07) is 3.48. The van der Waals surface area contributed by atoms with E-state index in [1.807, 2.05) is 0 Å². The van der Waals surface area contributed by atoms with Crippen LogP contribution < -0.4 is 9.64 Å². The summed E-state index contributed by atoms with van der Waals surface area (Å²) in [5, 5.41) is 9.03. The van der Waals surface area contributed by atoms with Crippen LogP contribution in [0.15, 0.2) is 18.3 Å². The van der Waals surface area contributed by atoms with Crippen LogP contribution in [0, 0.1) is 5.92 Å². The van der Waals surface area contributed by atoms with Gasteiger partial charge in [-0.2, -0.15) is 0 Å². The van der Waals surface area contributed by atoms with Crippen LogP contribution in [0.4, 0.5) is 5.69 Å². The van der Waals surface area contributed by atoms with Gasteiger partial charge in [-0.15, -0.1) is 0 Å². The van der Waals surface area contributed by atoms with Gasteiger partial charge in [0.1, 0.15) is 0 Å². The average Bonchev–Trinajstić information content (AvgIpc) is 2.71. The molecule has 16 heavy (non-hydrogen) atoms. The first-order valence-corrected chi connectivity index (χ1v) is 5.16. The summed E-state index contributed by atoms with van der Waals surface area (Å²) >= 11 is 0. The lowest BCUT2D eigenvalue weighted by Gasteiger charge is -2.16. The third kappa shape index (κ3) is 1.99. The molecule has 0 spiro atoms. The Morgan fingerprint density at radius 1 is 1.69 bits per heavy atom. The number of methoxy groups -OCH3 is 1. The molecule has 1 N–H and O–H groups in total. The fourth-order valence-electron chi connectivity index (χ4n) is 1.83. The van der Waals surface area contributed by atoms with Crippen molar-refractivity contribution in [1.29, 1.82) is 0 Å². The predicted octanol–water partition coefficient (Wildman–Crippen LogP) is 0.435. The number of amides is 1. The molecule has 1 aromatic rings. The molecule has 5 nitrogen and oxygen atoms in total.